The van der Waals surface area contributed by atoms with Crippen molar-refractivity contribution in [1.82, 2.24) is 19.6 Å². The van der Waals surface area contributed by atoms with E-state index in [1.54, 1.807) is 12.4 Å². The van der Waals surface area contributed by atoms with Crippen LogP contribution in [0.15, 0.2) is 85.2 Å². The Morgan fingerprint density at radius 2 is 1.48 bits per heavy atom. The van der Waals surface area contributed by atoms with E-state index in [9.17, 15) is 0 Å². The zero-order valence-corrected chi connectivity index (χ0v) is 17.6. The molecule has 5 nitrogen and oxygen atoms in total. The lowest BCUT2D eigenvalue weighted by molar-refractivity contribution is 0.895. The predicted molar refractivity (Wildman–Crippen MR) is 125 cm³/mol. The van der Waals surface area contributed by atoms with Crippen LogP contribution in [0.3, 0.4) is 0 Å². The molecule has 0 aliphatic carbocycles. The summed E-state index contributed by atoms with van der Waals surface area (Å²) in [5.41, 5.74) is 8.30. The van der Waals surface area contributed by atoms with Gasteiger partial charge in [0, 0.05) is 41.3 Å². The van der Waals surface area contributed by atoms with E-state index in [0.29, 0.717) is 0 Å². The molecule has 0 radical (unpaired) electrons. The minimum absolute atomic E-state index is 0.766. The molecule has 0 aliphatic rings. The van der Waals surface area contributed by atoms with Gasteiger partial charge in [-0.2, -0.15) is 9.61 Å². The third-order valence-electron chi connectivity index (χ3n) is 5.47. The molecule has 0 aliphatic heterocycles. The van der Waals surface area contributed by atoms with E-state index in [-0.39, 0.29) is 0 Å². The van der Waals surface area contributed by atoms with Gasteiger partial charge in [-0.3, -0.25) is 4.98 Å². The number of nitrogens with one attached hydrogen (secondary N) is 1. The number of benzene rings is 2. The van der Waals surface area contributed by atoms with E-state index in [4.69, 9.17) is 10.1 Å². The van der Waals surface area contributed by atoms with Gasteiger partial charge in [0.05, 0.1) is 5.69 Å². The number of anilines is 2. The number of fused-ring (bicyclic) bond motifs is 1. The average molecular weight is 406 g/mol. The summed E-state index contributed by atoms with van der Waals surface area (Å²) in [6.45, 7) is 4.12. The first kappa shape index (κ1) is 19.0. The summed E-state index contributed by atoms with van der Waals surface area (Å²) in [7, 11) is 0. The first-order valence-electron chi connectivity index (χ1n) is 10.4. The van der Waals surface area contributed by atoms with Crippen molar-refractivity contribution < 1.29 is 0 Å². The second-order valence-electron chi connectivity index (χ2n) is 7.61. The van der Waals surface area contributed by atoms with Crippen LogP contribution in [0.4, 0.5) is 11.5 Å². The Bertz CT molecular complexity index is 1330. The van der Waals surface area contributed by atoms with Gasteiger partial charge >= 0.3 is 0 Å². The molecule has 5 aromatic rings. The van der Waals surface area contributed by atoms with Crippen LogP contribution >= 0.6 is 0 Å². The second-order valence-corrected chi connectivity index (χ2v) is 7.61. The van der Waals surface area contributed by atoms with Crippen molar-refractivity contribution in [3.05, 3.63) is 108 Å². The number of hydrogen-bond donors (Lipinski definition) is 1. The highest BCUT2D eigenvalue weighted by atomic mass is 15.3. The molecule has 0 amide bonds. The second kappa shape index (κ2) is 8.03. The molecule has 0 bridgehead atoms. The summed E-state index contributed by atoms with van der Waals surface area (Å²) in [4.78, 5) is 9.16. The Morgan fingerprint density at radius 3 is 2.19 bits per heavy atom. The minimum Gasteiger partial charge on any atom is -0.340 e. The lowest BCUT2D eigenvalue weighted by atomic mass is 10.0. The summed E-state index contributed by atoms with van der Waals surface area (Å²) in [6, 6.07) is 24.7. The molecule has 3 heterocycles. The number of aryl methyl sites for hydroxylation is 2. The average Bonchev–Trinajstić information content (AvgIpc) is 3.13. The van der Waals surface area contributed by atoms with Crippen LogP contribution in [0, 0.1) is 13.8 Å². The molecule has 5 heteroatoms. The lowest BCUT2D eigenvalue weighted by Gasteiger charge is -2.16. The molecule has 152 valence electrons. The van der Waals surface area contributed by atoms with Gasteiger partial charge in [0.15, 0.2) is 5.65 Å². The Kier molecular flexibility index (Phi) is 4.92. The fraction of sp³-hybridized carbons (Fsp3) is 0.115. The number of aromatic nitrogens is 4. The van der Waals surface area contributed by atoms with Gasteiger partial charge in [-0.05, 0) is 37.1 Å². The molecule has 5 rings (SSSR count). The zero-order valence-electron chi connectivity index (χ0n) is 17.6. The number of hydrogen-bond acceptors (Lipinski definition) is 4. The lowest BCUT2D eigenvalue weighted by Crippen LogP contribution is -2.09. The van der Waals surface area contributed by atoms with E-state index in [0.717, 1.165) is 51.7 Å². The Hall–Kier alpha value is -3.99. The van der Waals surface area contributed by atoms with Crippen LogP contribution in [0.1, 0.15) is 22.5 Å². The molecule has 0 atom stereocenters. The molecule has 0 spiro atoms. The van der Waals surface area contributed by atoms with E-state index in [1.165, 1.54) is 5.56 Å². The molecule has 1 N–H and O–H groups in total. The number of rotatable bonds is 5. The summed E-state index contributed by atoms with van der Waals surface area (Å²) in [5, 5.41) is 8.49. The molecule has 0 saturated heterocycles. The van der Waals surface area contributed by atoms with Gasteiger partial charge < -0.3 is 5.32 Å². The van der Waals surface area contributed by atoms with Gasteiger partial charge in [0.1, 0.15) is 5.82 Å². The molecular weight excluding hydrogens is 382 g/mol. The van der Waals surface area contributed by atoms with Crippen LogP contribution < -0.4 is 5.32 Å². The van der Waals surface area contributed by atoms with Crippen molar-refractivity contribution in [2.24, 2.45) is 0 Å². The molecule has 0 saturated carbocycles. The number of pyridine rings is 1. The molecular formula is C26H23N5. The van der Waals surface area contributed by atoms with E-state index in [2.05, 4.69) is 53.6 Å². The zero-order chi connectivity index (χ0) is 21.2. The first-order chi connectivity index (χ1) is 15.2. The Balaban J connectivity index is 1.74. The van der Waals surface area contributed by atoms with Crippen molar-refractivity contribution in [2.45, 2.75) is 20.3 Å². The highest BCUT2D eigenvalue weighted by molar-refractivity contribution is 5.82. The van der Waals surface area contributed by atoms with Gasteiger partial charge in [0.2, 0.25) is 0 Å². The first-order valence-corrected chi connectivity index (χ1v) is 10.4. The van der Waals surface area contributed by atoms with Crippen molar-refractivity contribution in [3.8, 4) is 11.1 Å². The van der Waals surface area contributed by atoms with Gasteiger partial charge in [0.25, 0.3) is 0 Å². The van der Waals surface area contributed by atoms with E-state index < -0.39 is 0 Å². The predicted octanol–water partition coefficient (Wildman–Crippen LogP) is 5.74. The number of nitrogens with zero attached hydrogens (tertiary/aromatic N) is 4. The third kappa shape index (κ3) is 3.66. The largest absolute Gasteiger partial charge is 0.340 e. The quantitative estimate of drug-likeness (QED) is 0.405. The van der Waals surface area contributed by atoms with Crippen LogP contribution in [0.25, 0.3) is 16.8 Å². The molecule has 31 heavy (non-hydrogen) atoms. The van der Waals surface area contributed by atoms with Crippen LogP contribution in [0.5, 0.6) is 0 Å². The fourth-order valence-corrected chi connectivity index (χ4v) is 3.95. The van der Waals surface area contributed by atoms with E-state index >= 15 is 0 Å². The standard InChI is InChI=1S/C26H23N5/c1-18-23(17-20-9-5-3-6-10-20)25(29-22-13-15-27-16-14-22)31-26(28-18)24(19(2)30-31)21-11-7-4-8-12-21/h3-16H,17H2,1-2H3,(H,27,29). The molecule has 2 aromatic carbocycles. The Morgan fingerprint density at radius 1 is 0.806 bits per heavy atom. The maximum atomic E-state index is 5.02. The minimum atomic E-state index is 0.766. The SMILES string of the molecule is Cc1nc2c(-c3ccccc3)c(C)nn2c(Nc2ccncc2)c1Cc1ccccc1. The maximum Gasteiger partial charge on any atom is 0.165 e. The summed E-state index contributed by atoms with van der Waals surface area (Å²) in [5.74, 6) is 0.933. The van der Waals surface area contributed by atoms with Gasteiger partial charge in [-0.25, -0.2) is 4.98 Å². The monoisotopic (exact) mass is 405 g/mol. The highest BCUT2D eigenvalue weighted by Gasteiger charge is 2.20. The highest BCUT2D eigenvalue weighted by Crippen LogP contribution is 2.33. The van der Waals surface area contributed by atoms with Crippen LogP contribution in [-0.2, 0) is 6.42 Å². The van der Waals surface area contributed by atoms with E-state index in [1.807, 2.05) is 47.8 Å². The van der Waals surface area contributed by atoms with Crippen molar-refractivity contribution >= 4 is 17.2 Å². The topological polar surface area (TPSA) is 55.1 Å². The van der Waals surface area contributed by atoms with Gasteiger partial charge in [-0.15, -0.1) is 0 Å². The normalized spacial score (nSPS) is 11.0. The maximum absolute atomic E-state index is 5.02. The van der Waals surface area contributed by atoms with Crippen LogP contribution in [0.2, 0.25) is 0 Å². The Labute approximate surface area is 181 Å². The summed E-state index contributed by atoms with van der Waals surface area (Å²) < 4.78 is 1.95. The molecule has 0 fully saturated rings. The molecule has 3 aromatic heterocycles. The van der Waals surface area contributed by atoms with Crippen molar-refractivity contribution in [1.29, 1.82) is 0 Å². The summed E-state index contributed by atoms with van der Waals surface area (Å²) >= 11 is 0. The van der Waals surface area contributed by atoms with Crippen molar-refractivity contribution in [2.75, 3.05) is 5.32 Å². The third-order valence-corrected chi connectivity index (χ3v) is 5.47. The molecule has 0 unspecified atom stereocenters. The fourth-order valence-electron chi connectivity index (χ4n) is 3.95. The van der Waals surface area contributed by atoms with Crippen molar-refractivity contribution in [3.63, 3.8) is 0 Å². The smallest absolute Gasteiger partial charge is 0.165 e. The van der Waals surface area contributed by atoms with Crippen LogP contribution in [-0.4, -0.2) is 19.6 Å². The van der Waals surface area contributed by atoms with Gasteiger partial charge in [-0.1, -0.05) is 60.7 Å². The summed E-state index contributed by atoms with van der Waals surface area (Å²) in [6.07, 6.45) is 4.34.